The van der Waals surface area contributed by atoms with Gasteiger partial charge in [-0.05, 0) is 43.7 Å². The van der Waals surface area contributed by atoms with Gasteiger partial charge in [0.1, 0.15) is 24.4 Å². The molecule has 1 aliphatic heterocycles. The zero-order chi connectivity index (χ0) is 24.6. The molecule has 1 aromatic rings. The molecule has 1 saturated heterocycles. The van der Waals surface area contributed by atoms with Crippen molar-refractivity contribution in [1.29, 1.82) is 0 Å². The first-order chi connectivity index (χ1) is 16.6. The van der Waals surface area contributed by atoms with Crippen molar-refractivity contribution in [3.63, 3.8) is 0 Å². The number of nitrogens with zero attached hydrogens (tertiary/aromatic N) is 2. The number of aromatic nitrogens is 1. The zero-order valence-electron chi connectivity index (χ0n) is 20.4. The van der Waals surface area contributed by atoms with Gasteiger partial charge >= 0.3 is 0 Å². The lowest BCUT2D eigenvalue weighted by Gasteiger charge is -2.43. The Labute approximate surface area is 203 Å². The highest BCUT2D eigenvalue weighted by molar-refractivity contribution is 5.08. The summed E-state index contributed by atoms with van der Waals surface area (Å²) >= 11 is 0. The Kier molecular flexibility index (Phi) is 14.3. The molecule has 2 unspecified atom stereocenters. The van der Waals surface area contributed by atoms with Gasteiger partial charge in [-0.1, -0.05) is 31.7 Å². The maximum atomic E-state index is 10.2. The topological polar surface area (TPSA) is 116 Å². The lowest BCUT2D eigenvalue weighted by Crippen LogP contribution is -2.63. The summed E-state index contributed by atoms with van der Waals surface area (Å²) in [6.07, 6.45) is 9.45. The van der Waals surface area contributed by atoms with Crippen LogP contribution in [0.3, 0.4) is 0 Å². The molecule has 1 aromatic heterocycles. The summed E-state index contributed by atoms with van der Waals surface area (Å²) in [7, 11) is 1.48. The molecule has 0 saturated carbocycles. The van der Waals surface area contributed by atoms with Gasteiger partial charge in [-0.25, -0.2) is 0 Å². The summed E-state index contributed by atoms with van der Waals surface area (Å²) in [6, 6.07) is 4.10. The van der Waals surface area contributed by atoms with Crippen LogP contribution in [0.25, 0.3) is 0 Å². The van der Waals surface area contributed by atoms with Gasteiger partial charge in [0.2, 0.25) is 0 Å². The SMILES string of the molecule is CON(CCCCCCCCC#CCCCCc1cccnc1)C1OC(CO)[C@@H](O)[C@@H](O)[C@H]1O. The third-order valence-corrected chi connectivity index (χ3v) is 6.18. The molecular weight excluding hydrogens is 436 g/mol. The van der Waals surface area contributed by atoms with Gasteiger partial charge in [0.25, 0.3) is 0 Å². The summed E-state index contributed by atoms with van der Waals surface area (Å²) in [5.41, 5.74) is 1.29. The number of rotatable bonds is 15. The highest BCUT2D eigenvalue weighted by Gasteiger charge is 2.45. The number of hydrogen-bond acceptors (Lipinski definition) is 8. The van der Waals surface area contributed by atoms with Crippen LogP contribution >= 0.6 is 0 Å². The van der Waals surface area contributed by atoms with E-state index in [1.165, 1.54) is 17.7 Å². The zero-order valence-corrected chi connectivity index (χ0v) is 20.4. The molecule has 1 fully saturated rings. The number of aryl methyl sites for hydroxylation is 1. The quantitative estimate of drug-likeness (QED) is 0.172. The fourth-order valence-electron chi connectivity index (χ4n) is 4.10. The molecule has 8 nitrogen and oxygen atoms in total. The molecule has 0 aliphatic carbocycles. The van der Waals surface area contributed by atoms with E-state index in [4.69, 9.17) is 9.57 Å². The predicted octanol–water partition coefficient (Wildman–Crippen LogP) is 2.19. The summed E-state index contributed by atoms with van der Waals surface area (Å²) < 4.78 is 5.54. The molecule has 2 heterocycles. The summed E-state index contributed by atoms with van der Waals surface area (Å²) in [6.45, 7) is 0.0704. The van der Waals surface area contributed by atoms with Crippen molar-refractivity contribution in [2.75, 3.05) is 20.3 Å². The van der Waals surface area contributed by atoms with Crippen molar-refractivity contribution in [3.8, 4) is 11.8 Å². The lowest BCUT2D eigenvalue weighted by molar-refractivity contribution is -0.328. The third-order valence-electron chi connectivity index (χ3n) is 6.18. The normalized spacial score (nSPS) is 24.7. The number of hydrogen-bond donors (Lipinski definition) is 4. The predicted molar refractivity (Wildman–Crippen MR) is 129 cm³/mol. The van der Waals surface area contributed by atoms with E-state index >= 15 is 0 Å². The fourth-order valence-corrected chi connectivity index (χ4v) is 4.10. The second-order valence-electron chi connectivity index (χ2n) is 8.84. The summed E-state index contributed by atoms with van der Waals surface area (Å²) in [5, 5.41) is 40.9. The highest BCUT2D eigenvalue weighted by atomic mass is 16.7. The monoisotopic (exact) mass is 478 g/mol. The molecule has 0 aromatic carbocycles. The van der Waals surface area contributed by atoms with Crippen molar-refractivity contribution in [2.24, 2.45) is 0 Å². The third kappa shape index (κ3) is 9.96. The molecule has 2 rings (SSSR count). The van der Waals surface area contributed by atoms with Crippen molar-refractivity contribution < 1.29 is 30.0 Å². The van der Waals surface area contributed by atoms with Gasteiger partial charge in [-0.2, -0.15) is 5.06 Å². The van der Waals surface area contributed by atoms with E-state index in [2.05, 4.69) is 22.9 Å². The van der Waals surface area contributed by atoms with Crippen LogP contribution < -0.4 is 0 Å². The van der Waals surface area contributed by atoms with Crippen molar-refractivity contribution >= 4 is 0 Å². The number of hydroxylamine groups is 2. The van der Waals surface area contributed by atoms with Crippen LogP contribution in [0.5, 0.6) is 0 Å². The van der Waals surface area contributed by atoms with Crippen molar-refractivity contribution in [3.05, 3.63) is 30.1 Å². The molecule has 0 amide bonds. The number of aliphatic hydroxyl groups is 4. The van der Waals surface area contributed by atoms with Gasteiger partial charge in [-0.15, -0.1) is 11.8 Å². The standard InChI is InChI=1S/C26H42N2O6/c1-33-28(26-25(32)24(31)23(30)22(20-29)34-26)18-13-11-9-7-5-3-2-4-6-8-10-12-15-21-16-14-17-27-19-21/h14,16-17,19,22-26,29-32H,2-3,5,7-13,15,18,20H2,1H3/t22?,23-,24-,25-,26?/m1/s1. The van der Waals surface area contributed by atoms with Crippen molar-refractivity contribution in [1.82, 2.24) is 10.0 Å². The van der Waals surface area contributed by atoms with E-state index in [-0.39, 0.29) is 0 Å². The van der Waals surface area contributed by atoms with Gasteiger partial charge in [0, 0.05) is 31.8 Å². The Balaban J connectivity index is 1.48. The molecule has 0 bridgehead atoms. The van der Waals surface area contributed by atoms with Crippen molar-refractivity contribution in [2.45, 2.75) is 101 Å². The minimum absolute atomic E-state index is 0.449. The van der Waals surface area contributed by atoms with E-state index in [9.17, 15) is 20.4 Å². The fraction of sp³-hybridized carbons (Fsp3) is 0.731. The minimum atomic E-state index is -1.40. The van der Waals surface area contributed by atoms with Gasteiger partial charge in [-0.3, -0.25) is 9.82 Å². The minimum Gasteiger partial charge on any atom is -0.394 e. The maximum absolute atomic E-state index is 10.2. The molecule has 192 valence electrons. The Morgan fingerprint density at radius 3 is 2.26 bits per heavy atom. The van der Waals surface area contributed by atoms with E-state index in [1.807, 2.05) is 12.3 Å². The van der Waals surface area contributed by atoms with E-state index in [0.717, 1.165) is 70.6 Å². The van der Waals surface area contributed by atoms with Crippen LogP contribution in [-0.2, 0) is 16.0 Å². The summed E-state index contributed by atoms with van der Waals surface area (Å²) in [5.74, 6) is 6.57. The highest BCUT2D eigenvalue weighted by Crippen LogP contribution is 2.24. The molecule has 34 heavy (non-hydrogen) atoms. The largest absolute Gasteiger partial charge is 0.394 e. The first-order valence-electron chi connectivity index (χ1n) is 12.5. The first kappa shape index (κ1) is 28.7. The molecule has 8 heteroatoms. The molecule has 0 spiro atoms. The van der Waals surface area contributed by atoms with E-state index in [0.29, 0.717) is 6.54 Å². The van der Waals surface area contributed by atoms with Gasteiger partial charge in [0.15, 0.2) is 6.23 Å². The van der Waals surface area contributed by atoms with E-state index in [1.54, 1.807) is 6.20 Å². The van der Waals surface area contributed by atoms with Gasteiger partial charge < -0.3 is 25.2 Å². The number of ether oxygens (including phenoxy) is 1. The Morgan fingerprint density at radius 1 is 0.941 bits per heavy atom. The Bertz CT molecular complexity index is 708. The van der Waals surface area contributed by atoms with Crippen LogP contribution in [0.4, 0.5) is 0 Å². The molecule has 4 N–H and O–H groups in total. The molecular formula is C26H42N2O6. The number of unbranched alkanes of at least 4 members (excludes halogenated alkanes) is 8. The molecule has 0 radical (unpaired) electrons. The van der Waals surface area contributed by atoms with Crippen LogP contribution in [0, 0.1) is 11.8 Å². The van der Waals surface area contributed by atoms with Crippen LogP contribution in [0.15, 0.2) is 24.5 Å². The van der Waals surface area contributed by atoms with Gasteiger partial charge in [0.05, 0.1) is 13.7 Å². The molecule has 1 aliphatic rings. The Morgan fingerprint density at radius 2 is 1.62 bits per heavy atom. The smallest absolute Gasteiger partial charge is 0.162 e. The summed E-state index contributed by atoms with van der Waals surface area (Å²) in [4.78, 5) is 9.46. The van der Waals surface area contributed by atoms with Crippen LogP contribution in [0.1, 0.15) is 69.8 Å². The molecule has 5 atom stereocenters. The van der Waals surface area contributed by atoms with Crippen LogP contribution in [-0.4, -0.2) is 81.4 Å². The average molecular weight is 479 g/mol. The Hall–Kier alpha value is -1.57. The van der Waals surface area contributed by atoms with Crippen LogP contribution in [0.2, 0.25) is 0 Å². The first-order valence-corrected chi connectivity index (χ1v) is 12.5. The lowest BCUT2D eigenvalue weighted by atomic mass is 9.98. The maximum Gasteiger partial charge on any atom is 0.162 e. The number of aliphatic hydroxyl groups excluding tert-OH is 4. The van der Waals surface area contributed by atoms with E-state index < -0.39 is 37.3 Å². The average Bonchev–Trinajstić information content (AvgIpc) is 2.86. The number of pyridine rings is 1. The second-order valence-corrected chi connectivity index (χ2v) is 8.84. The second kappa shape index (κ2) is 17.0.